The van der Waals surface area contributed by atoms with Crippen molar-refractivity contribution < 1.29 is 4.79 Å². The quantitative estimate of drug-likeness (QED) is 0.865. The van der Waals surface area contributed by atoms with Crippen LogP contribution in [-0.2, 0) is 6.42 Å². The molecule has 3 rings (SSSR count). The number of allylic oxidation sites excluding steroid dienone is 2. The number of nitrogens with zero attached hydrogens (tertiary/aromatic N) is 4. The number of hydrogen-bond acceptors (Lipinski definition) is 5. The van der Waals surface area contributed by atoms with Crippen molar-refractivity contribution in [3.8, 4) is 18.2 Å². The van der Waals surface area contributed by atoms with Crippen LogP contribution in [0.1, 0.15) is 15.9 Å². The molecule has 6 heteroatoms. The summed E-state index contributed by atoms with van der Waals surface area (Å²) in [6.45, 7) is 0.578. The smallest absolute Gasteiger partial charge is 0.260 e. The van der Waals surface area contributed by atoms with Crippen molar-refractivity contribution in [2.75, 3.05) is 16.8 Å². The standard InChI is InChI=1S/C20H13N5O/c21-11-15(12-22)18(13-23)24-17-7-3-2-6-16(17)20(26)25-10-9-14-5-1-4-8-19(14)25/h1-8,24H,9-10H2. The summed E-state index contributed by atoms with van der Waals surface area (Å²) in [7, 11) is 0. The normalized spacial score (nSPS) is 11.5. The first-order valence-electron chi connectivity index (χ1n) is 7.90. The summed E-state index contributed by atoms with van der Waals surface area (Å²) in [5.41, 5.74) is 2.21. The minimum Gasteiger partial charge on any atom is -0.344 e. The molecule has 0 fully saturated rings. The van der Waals surface area contributed by atoms with Crippen LogP contribution in [-0.4, -0.2) is 12.5 Å². The van der Waals surface area contributed by atoms with Gasteiger partial charge in [0.2, 0.25) is 0 Å². The first-order chi connectivity index (χ1) is 12.7. The van der Waals surface area contributed by atoms with Crippen molar-refractivity contribution in [2.24, 2.45) is 0 Å². The Morgan fingerprint density at radius 1 is 0.962 bits per heavy atom. The molecule has 0 aromatic heterocycles. The molecule has 1 aliphatic rings. The number of carbonyl (C=O) groups is 1. The van der Waals surface area contributed by atoms with Gasteiger partial charge in [0.05, 0.1) is 11.3 Å². The van der Waals surface area contributed by atoms with E-state index in [4.69, 9.17) is 10.5 Å². The Bertz CT molecular complexity index is 1020. The number of hydrogen-bond donors (Lipinski definition) is 1. The van der Waals surface area contributed by atoms with Gasteiger partial charge in [-0.3, -0.25) is 4.79 Å². The highest BCUT2D eigenvalue weighted by Gasteiger charge is 2.26. The third-order valence-electron chi connectivity index (χ3n) is 4.13. The minimum absolute atomic E-state index is 0.183. The molecule has 1 aliphatic heterocycles. The summed E-state index contributed by atoms with van der Waals surface area (Å²) >= 11 is 0. The minimum atomic E-state index is -0.332. The SMILES string of the molecule is N#CC(C#N)=C(C#N)Nc1ccccc1C(=O)N1CCc2ccccc21. The molecule has 0 unspecified atom stereocenters. The maximum absolute atomic E-state index is 13.1. The summed E-state index contributed by atoms with van der Waals surface area (Å²) in [6, 6.07) is 19.6. The summed E-state index contributed by atoms with van der Waals surface area (Å²) in [5.74, 6) is -0.203. The van der Waals surface area contributed by atoms with Crippen LogP contribution in [0.2, 0.25) is 0 Å². The molecule has 0 aliphatic carbocycles. The van der Waals surface area contributed by atoms with Crippen LogP contribution in [0.5, 0.6) is 0 Å². The van der Waals surface area contributed by atoms with Gasteiger partial charge in [0.1, 0.15) is 23.9 Å². The molecule has 0 saturated carbocycles. The number of rotatable bonds is 3. The molecule has 1 N–H and O–H groups in total. The van der Waals surface area contributed by atoms with E-state index in [1.807, 2.05) is 24.3 Å². The van der Waals surface area contributed by atoms with E-state index in [-0.39, 0.29) is 17.2 Å². The molecule has 0 bridgehead atoms. The fourth-order valence-corrected chi connectivity index (χ4v) is 2.89. The van der Waals surface area contributed by atoms with Crippen molar-refractivity contribution in [2.45, 2.75) is 6.42 Å². The van der Waals surface area contributed by atoms with Gasteiger partial charge < -0.3 is 10.2 Å². The van der Waals surface area contributed by atoms with E-state index < -0.39 is 0 Å². The average molecular weight is 339 g/mol. The van der Waals surface area contributed by atoms with Crippen LogP contribution in [0.3, 0.4) is 0 Å². The Morgan fingerprint density at radius 3 is 2.38 bits per heavy atom. The lowest BCUT2D eigenvalue weighted by atomic mass is 10.1. The Kier molecular flexibility index (Phi) is 4.65. The fourth-order valence-electron chi connectivity index (χ4n) is 2.89. The van der Waals surface area contributed by atoms with Gasteiger partial charge in [0, 0.05) is 12.2 Å². The molecule has 0 atom stereocenters. The van der Waals surface area contributed by atoms with Crippen LogP contribution in [0.15, 0.2) is 59.8 Å². The topological polar surface area (TPSA) is 104 Å². The Labute approximate surface area is 150 Å². The molecule has 1 heterocycles. The highest BCUT2D eigenvalue weighted by molar-refractivity contribution is 6.10. The van der Waals surface area contributed by atoms with E-state index >= 15 is 0 Å². The second-order valence-electron chi connectivity index (χ2n) is 5.59. The number of carbonyl (C=O) groups excluding carboxylic acids is 1. The zero-order valence-electron chi connectivity index (χ0n) is 13.7. The second-order valence-corrected chi connectivity index (χ2v) is 5.59. The number of nitriles is 3. The van der Waals surface area contributed by atoms with E-state index in [2.05, 4.69) is 5.32 Å². The van der Waals surface area contributed by atoms with Crippen molar-refractivity contribution in [3.63, 3.8) is 0 Å². The zero-order chi connectivity index (χ0) is 18.5. The lowest BCUT2D eigenvalue weighted by molar-refractivity contribution is 0.0990. The molecule has 0 radical (unpaired) electrons. The van der Waals surface area contributed by atoms with E-state index in [0.717, 1.165) is 17.7 Å². The van der Waals surface area contributed by atoms with Gasteiger partial charge in [-0.2, -0.15) is 15.8 Å². The van der Waals surface area contributed by atoms with Gasteiger partial charge in [-0.05, 0) is 30.2 Å². The van der Waals surface area contributed by atoms with Crippen molar-refractivity contribution in [1.29, 1.82) is 15.8 Å². The van der Waals surface area contributed by atoms with Crippen molar-refractivity contribution in [3.05, 3.63) is 70.9 Å². The highest BCUT2D eigenvalue weighted by Crippen LogP contribution is 2.30. The maximum atomic E-state index is 13.1. The first kappa shape index (κ1) is 16.8. The molecular formula is C20H13N5O. The monoisotopic (exact) mass is 339 g/mol. The Hall–Kier alpha value is -4.08. The summed E-state index contributed by atoms with van der Waals surface area (Å²) in [4.78, 5) is 14.8. The van der Waals surface area contributed by atoms with Gasteiger partial charge in [0.15, 0.2) is 5.57 Å². The number of para-hydroxylation sites is 2. The highest BCUT2D eigenvalue weighted by atomic mass is 16.2. The van der Waals surface area contributed by atoms with E-state index in [9.17, 15) is 10.1 Å². The van der Waals surface area contributed by atoms with Crippen LogP contribution in [0, 0.1) is 34.0 Å². The number of amides is 1. The van der Waals surface area contributed by atoms with Crippen LogP contribution >= 0.6 is 0 Å². The molecule has 6 nitrogen and oxygen atoms in total. The molecule has 0 saturated heterocycles. The van der Waals surface area contributed by atoms with Crippen LogP contribution in [0.4, 0.5) is 11.4 Å². The molecule has 2 aromatic rings. The van der Waals surface area contributed by atoms with Gasteiger partial charge in [-0.15, -0.1) is 0 Å². The summed E-state index contributed by atoms with van der Waals surface area (Å²) < 4.78 is 0. The summed E-state index contributed by atoms with van der Waals surface area (Å²) in [6.07, 6.45) is 0.786. The van der Waals surface area contributed by atoms with Gasteiger partial charge >= 0.3 is 0 Å². The third kappa shape index (κ3) is 2.98. The molecular weight excluding hydrogens is 326 g/mol. The van der Waals surface area contributed by atoms with E-state index in [1.165, 1.54) is 0 Å². The van der Waals surface area contributed by atoms with Crippen LogP contribution in [0.25, 0.3) is 0 Å². The maximum Gasteiger partial charge on any atom is 0.260 e. The van der Waals surface area contributed by atoms with Crippen molar-refractivity contribution >= 4 is 17.3 Å². The predicted octanol–water partition coefficient (Wildman–Crippen LogP) is 3.13. The number of nitrogens with one attached hydrogen (secondary N) is 1. The van der Waals surface area contributed by atoms with Gasteiger partial charge in [0.25, 0.3) is 5.91 Å². The van der Waals surface area contributed by atoms with Crippen LogP contribution < -0.4 is 10.2 Å². The Morgan fingerprint density at radius 2 is 1.65 bits per heavy atom. The third-order valence-corrected chi connectivity index (χ3v) is 4.13. The number of anilines is 2. The largest absolute Gasteiger partial charge is 0.344 e. The molecule has 26 heavy (non-hydrogen) atoms. The molecule has 0 spiro atoms. The summed E-state index contributed by atoms with van der Waals surface area (Å²) in [5, 5.41) is 29.9. The predicted molar refractivity (Wildman–Crippen MR) is 95.8 cm³/mol. The zero-order valence-corrected chi connectivity index (χ0v) is 13.7. The van der Waals surface area contributed by atoms with E-state index in [1.54, 1.807) is 47.4 Å². The molecule has 124 valence electrons. The van der Waals surface area contributed by atoms with Crippen molar-refractivity contribution in [1.82, 2.24) is 0 Å². The lowest BCUT2D eigenvalue weighted by Crippen LogP contribution is -2.29. The van der Waals surface area contributed by atoms with Gasteiger partial charge in [-0.25, -0.2) is 0 Å². The van der Waals surface area contributed by atoms with E-state index in [0.29, 0.717) is 17.8 Å². The lowest BCUT2D eigenvalue weighted by Gasteiger charge is -2.19. The number of fused-ring (bicyclic) bond motifs is 1. The average Bonchev–Trinajstić information content (AvgIpc) is 3.12. The van der Waals surface area contributed by atoms with Gasteiger partial charge in [-0.1, -0.05) is 30.3 Å². The second kappa shape index (κ2) is 7.21. The fraction of sp³-hybridized carbons (Fsp3) is 0.100. The molecule has 1 amide bonds. The first-order valence-corrected chi connectivity index (χ1v) is 7.90. The Balaban J connectivity index is 1.98. The molecule has 2 aromatic carbocycles. The number of benzene rings is 2.